The molecule has 1 atom stereocenters. The van der Waals surface area contributed by atoms with E-state index in [1.54, 1.807) is 12.1 Å². The molecule has 202 valence electrons. The van der Waals surface area contributed by atoms with Gasteiger partial charge >= 0.3 is 12.0 Å². The van der Waals surface area contributed by atoms with Crippen molar-refractivity contribution in [2.75, 3.05) is 36.7 Å². The van der Waals surface area contributed by atoms with E-state index >= 15 is 0 Å². The van der Waals surface area contributed by atoms with Crippen LogP contribution in [0.15, 0.2) is 39.6 Å². The first-order chi connectivity index (χ1) is 17.5. The number of carbonyl (C=O) groups excluding carboxylic acids is 2. The Bertz CT molecular complexity index is 1350. The van der Waals surface area contributed by atoms with Crippen LogP contribution in [0.3, 0.4) is 0 Å². The monoisotopic (exact) mass is 570 g/mol. The van der Waals surface area contributed by atoms with Crippen LogP contribution in [0.4, 0.5) is 15.6 Å². The van der Waals surface area contributed by atoms with Crippen molar-refractivity contribution < 1.29 is 31.2 Å². The number of ether oxygens (including phenoxy) is 1. The van der Waals surface area contributed by atoms with Crippen molar-refractivity contribution in [1.29, 1.82) is 0 Å². The van der Waals surface area contributed by atoms with Crippen molar-refractivity contribution in [3.05, 3.63) is 30.5 Å². The summed E-state index contributed by atoms with van der Waals surface area (Å²) in [7, 11) is -6.16. The van der Waals surface area contributed by atoms with Gasteiger partial charge in [0, 0.05) is 25.0 Å². The zero-order chi connectivity index (χ0) is 26.8. The molecule has 2 fully saturated rings. The molecule has 2 aliphatic rings. The molecule has 1 aromatic heterocycles. The zero-order valence-corrected chi connectivity index (χ0v) is 23.1. The maximum absolute atomic E-state index is 13.3. The van der Waals surface area contributed by atoms with E-state index in [1.807, 2.05) is 0 Å². The zero-order valence-electron chi connectivity index (χ0n) is 20.6. The number of anilines is 2. The lowest BCUT2D eigenvalue weighted by atomic mass is 10.1. The molecule has 1 aromatic carbocycles. The molecule has 37 heavy (non-hydrogen) atoms. The van der Waals surface area contributed by atoms with Gasteiger partial charge in [-0.05, 0) is 55.9 Å². The Hall–Kier alpha value is -2.55. The van der Waals surface area contributed by atoms with Crippen molar-refractivity contribution in [2.24, 2.45) is 5.92 Å². The number of esters is 1. The van der Waals surface area contributed by atoms with Crippen LogP contribution < -0.4 is 10.2 Å². The molecule has 1 aliphatic carbocycles. The fraction of sp³-hybridized carbons (Fsp3) is 0.522. The Morgan fingerprint density at radius 1 is 1.11 bits per heavy atom. The fourth-order valence-corrected chi connectivity index (χ4v) is 8.17. The van der Waals surface area contributed by atoms with Crippen LogP contribution in [-0.2, 0) is 29.4 Å². The number of sulfone groups is 1. The highest BCUT2D eigenvalue weighted by Gasteiger charge is 2.41. The van der Waals surface area contributed by atoms with E-state index in [9.17, 15) is 26.4 Å². The van der Waals surface area contributed by atoms with Crippen LogP contribution >= 0.6 is 11.3 Å². The van der Waals surface area contributed by atoms with E-state index in [0.29, 0.717) is 31.0 Å². The van der Waals surface area contributed by atoms with E-state index in [2.05, 4.69) is 10.3 Å². The predicted octanol–water partition coefficient (Wildman–Crippen LogP) is 3.10. The van der Waals surface area contributed by atoms with Crippen molar-refractivity contribution in [3.8, 4) is 0 Å². The Kier molecular flexibility index (Phi) is 8.21. The van der Waals surface area contributed by atoms with Gasteiger partial charge in [0.05, 0.1) is 18.2 Å². The van der Waals surface area contributed by atoms with Crippen LogP contribution in [0.2, 0.25) is 0 Å². The number of methoxy groups -OCH3 is 1. The van der Waals surface area contributed by atoms with Gasteiger partial charge in [-0.25, -0.2) is 26.6 Å². The normalized spacial score (nSPS) is 19.1. The second kappa shape index (κ2) is 11.1. The van der Waals surface area contributed by atoms with Crippen LogP contribution in [0.25, 0.3) is 0 Å². The van der Waals surface area contributed by atoms with Crippen molar-refractivity contribution in [1.82, 2.24) is 9.29 Å². The summed E-state index contributed by atoms with van der Waals surface area (Å²) < 4.78 is 55.8. The van der Waals surface area contributed by atoms with Crippen LogP contribution in [0.1, 0.15) is 38.5 Å². The number of amides is 2. The molecule has 2 aromatic rings. The molecule has 0 radical (unpaired) electrons. The summed E-state index contributed by atoms with van der Waals surface area (Å²) in [5.74, 6) is -0.304. The molecule has 1 unspecified atom stereocenters. The van der Waals surface area contributed by atoms with E-state index in [1.165, 1.54) is 30.3 Å². The molecule has 0 spiro atoms. The SMILES string of the molecule is COC(=O)C1CCCN1S(=O)(=O)c1cnc(NC(=O)N(CC2CCCC2)c2ccc(S(C)(=O)=O)cc2)s1. The third-order valence-corrected chi connectivity index (χ3v) is 11.1. The minimum Gasteiger partial charge on any atom is -0.468 e. The predicted molar refractivity (Wildman–Crippen MR) is 139 cm³/mol. The number of hydrogen-bond acceptors (Lipinski definition) is 9. The first-order valence-electron chi connectivity index (χ1n) is 11.9. The second-order valence-corrected chi connectivity index (χ2v) is 14.4. The number of carbonyl (C=O) groups is 2. The Morgan fingerprint density at radius 2 is 1.78 bits per heavy atom. The highest BCUT2D eigenvalue weighted by Crippen LogP contribution is 2.32. The number of sulfonamides is 1. The Morgan fingerprint density at radius 3 is 2.41 bits per heavy atom. The molecular formula is C23H30N4O7S3. The number of nitrogens with zero attached hydrogens (tertiary/aromatic N) is 3. The number of benzene rings is 1. The summed E-state index contributed by atoms with van der Waals surface area (Å²) in [6.07, 6.45) is 7.36. The topological polar surface area (TPSA) is 143 Å². The number of aromatic nitrogens is 1. The molecule has 4 rings (SSSR count). The number of thiazole rings is 1. The highest BCUT2D eigenvalue weighted by atomic mass is 32.2. The average molecular weight is 571 g/mol. The van der Waals surface area contributed by atoms with E-state index in [-0.39, 0.29) is 20.8 Å². The maximum Gasteiger partial charge on any atom is 0.328 e. The smallest absolute Gasteiger partial charge is 0.328 e. The van der Waals surface area contributed by atoms with Gasteiger partial charge < -0.3 is 4.74 Å². The first-order valence-corrected chi connectivity index (χ1v) is 16.1. The van der Waals surface area contributed by atoms with Gasteiger partial charge in [0.1, 0.15) is 6.04 Å². The molecule has 2 amide bonds. The van der Waals surface area contributed by atoms with E-state index in [0.717, 1.165) is 47.6 Å². The first kappa shape index (κ1) is 27.5. The van der Waals surface area contributed by atoms with Gasteiger partial charge in [0.25, 0.3) is 10.0 Å². The minimum absolute atomic E-state index is 0.0848. The average Bonchev–Trinajstić information content (AvgIpc) is 3.63. The molecular weight excluding hydrogens is 540 g/mol. The number of nitrogens with one attached hydrogen (secondary N) is 1. The van der Waals surface area contributed by atoms with Gasteiger partial charge in [-0.15, -0.1) is 0 Å². The molecule has 0 bridgehead atoms. The van der Waals surface area contributed by atoms with Crippen LogP contribution in [0, 0.1) is 5.92 Å². The maximum atomic E-state index is 13.3. The van der Waals surface area contributed by atoms with Gasteiger partial charge in [-0.1, -0.05) is 24.2 Å². The lowest BCUT2D eigenvalue weighted by molar-refractivity contribution is -0.144. The fourth-order valence-electron chi connectivity index (χ4n) is 4.74. The Labute approximate surface area is 220 Å². The van der Waals surface area contributed by atoms with Crippen molar-refractivity contribution >= 4 is 54.0 Å². The standard InChI is InChI=1S/C23H30N4O7S3/c1-34-21(28)19-8-5-13-27(19)37(32,33)20-14-24-22(35-20)25-23(29)26(15-16-6-3-4-7-16)17-9-11-18(12-10-17)36(2,30)31/h9-12,14,16,19H,3-8,13,15H2,1-2H3,(H,24,25,29). The van der Waals surface area contributed by atoms with Crippen molar-refractivity contribution in [2.45, 2.75) is 53.7 Å². The molecule has 1 aliphatic heterocycles. The van der Waals surface area contributed by atoms with Gasteiger partial charge in [0.2, 0.25) is 0 Å². The number of urea groups is 1. The van der Waals surface area contributed by atoms with Crippen LogP contribution in [0.5, 0.6) is 0 Å². The van der Waals surface area contributed by atoms with E-state index in [4.69, 9.17) is 4.74 Å². The molecule has 1 saturated carbocycles. The summed E-state index contributed by atoms with van der Waals surface area (Å²) in [5, 5.41) is 2.79. The van der Waals surface area contributed by atoms with Gasteiger partial charge in [-0.2, -0.15) is 4.31 Å². The minimum atomic E-state index is -4.00. The quantitative estimate of drug-likeness (QED) is 0.477. The van der Waals surface area contributed by atoms with Gasteiger partial charge in [-0.3, -0.25) is 15.0 Å². The summed E-state index contributed by atoms with van der Waals surface area (Å²) in [6, 6.07) is 4.72. The van der Waals surface area contributed by atoms with Gasteiger partial charge in [0.15, 0.2) is 19.2 Å². The molecule has 14 heteroatoms. The summed E-state index contributed by atoms with van der Waals surface area (Å²) in [5.41, 5.74) is 0.527. The van der Waals surface area contributed by atoms with E-state index < -0.39 is 37.9 Å². The molecule has 1 saturated heterocycles. The lowest BCUT2D eigenvalue weighted by Crippen LogP contribution is -2.40. The highest BCUT2D eigenvalue weighted by molar-refractivity contribution is 7.91. The van der Waals surface area contributed by atoms with Crippen LogP contribution in [-0.4, -0.2) is 70.6 Å². The summed E-state index contributed by atoms with van der Waals surface area (Å²) in [6.45, 7) is 0.634. The van der Waals surface area contributed by atoms with Crippen molar-refractivity contribution in [3.63, 3.8) is 0 Å². The molecule has 11 nitrogen and oxygen atoms in total. The third kappa shape index (κ3) is 6.13. The second-order valence-electron chi connectivity index (χ2n) is 9.24. The summed E-state index contributed by atoms with van der Waals surface area (Å²) in [4.78, 5) is 31.1. The third-order valence-electron chi connectivity index (χ3n) is 6.68. The lowest BCUT2D eigenvalue weighted by Gasteiger charge is -2.26. The summed E-state index contributed by atoms with van der Waals surface area (Å²) >= 11 is 0.807. The largest absolute Gasteiger partial charge is 0.468 e. The number of rotatable bonds is 8. The molecule has 2 heterocycles. The Balaban J connectivity index is 1.54. The molecule has 1 N–H and O–H groups in total. The number of hydrogen-bond donors (Lipinski definition) is 1.